The van der Waals surface area contributed by atoms with Crippen molar-refractivity contribution in [2.75, 3.05) is 0 Å². The predicted octanol–water partition coefficient (Wildman–Crippen LogP) is 2.69. The molecule has 0 amide bonds. The molecule has 0 saturated heterocycles. The van der Waals surface area contributed by atoms with Gasteiger partial charge in [0.1, 0.15) is 0 Å². The van der Waals surface area contributed by atoms with E-state index in [4.69, 9.17) is 5.26 Å². The summed E-state index contributed by atoms with van der Waals surface area (Å²) in [4.78, 5) is 4.31. The van der Waals surface area contributed by atoms with E-state index < -0.39 is 5.60 Å². The number of hydrogen-bond acceptors (Lipinski definition) is 2. The van der Waals surface area contributed by atoms with Crippen molar-refractivity contribution in [3.8, 4) is 0 Å². The molecule has 0 fully saturated rings. The lowest BCUT2D eigenvalue weighted by molar-refractivity contribution is -0.318. The summed E-state index contributed by atoms with van der Waals surface area (Å²) in [5.41, 5.74) is -0.218. The van der Waals surface area contributed by atoms with Gasteiger partial charge in [-0.25, -0.2) is 4.89 Å². The fourth-order valence-corrected chi connectivity index (χ4v) is 1.31. The van der Waals surface area contributed by atoms with E-state index in [1.807, 2.05) is 13.8 Å². The Bertz CT molecular complexity index is 100. The highest BCUT2D eigenvalue weighted by atomic mass is 17.1. The smallest absolute Gasteiger partial charge is 0.0982 e. The average molecular weight is 146 g/mol. The molecule has 0 spiro atoms. The molecule has 0 unspecified atom stereocenters. The highest BCUT2D eigenvalue weighted by Gasteiger charge is 2.26. The summed E-state index contributed by atoms with van der Waals surface area (Å²) in [7, 11) is 0. The fraction of sp³-hybridized carbons (Fsp3) is 1.00. The molecule has 0 saturated carbocycles. The largest absolute Gasteiger partial charge is 0.251 e. The van der Waals surface area contributed by atoms with Crippen molar-refractivity contribution in [1.29, 1.82) is 0 Å². The third-order valence-electron chi connectivity index (χ3n) is 1.20. The summed E-state index contributed by atoms with van der Waals surface area (Å²) in [5, 5.41) is 8.46. The molecule has 0 aliphatic carbocycles. The van der Waals surface area contributed by atoms with Crippen LogP contribution in [0, 0.1) is 5.41 Å². The van der Waals surface area contributed by atoms with Gasteiger partial charge in [0, 0.05) is 0 Å². The molecule has 0 aliphatic rings. The molecule has 62 valence electrons. The summed E-state index contributed by atoms with van der Waals surface area (Å²) >= 11 is 0. The Morgan fingerprint density at radius 1 is 1.10 bits per heavy atom. The van der Waals surface area contributed by atoms with E-state index in [1.165, 1.54) is 0 Å². The first-order valence-corrected chi connectivity index (χ1v) is 3.59. The van der Waals surface area contributed by atoms with Gasteiger partial charge < -0.3 is 0 Å². The van der Waals surface area contributed by atoms with Gasteiger partial charge in [0.15, 0.2) is 0 Å². The van der Waals surface area contributed by atoms with E-state index >= 15 is 0 Å². The lowest BCUT2D eigenvalue weighted by atomic mass is 9.84. The maximum absolute atomic E-state index is 8.46. The molecule has 10 heavy (non-hydrogen) atoms. The lowest BCUT2D eigenvalue weighted by Crippen LogP contribution is -2.28. The fourth-order valence-electron chi connectivity index (χ4n) is 1.31. The van der Waals surface area contributed by atoms with Gasteiger partial charge >= 0.3 is 0 Å². The Labute approximate surface area is 63.1 Å². The Morgan fingerprint density at radius 2 is 1.50 bits per heavy atom. The second kappa shape index (κ2) is 2.89. The van der Waals surface area contributed by atoms with E-state index in [0.29, 0.717) is 0 Å². The van der Waals surface area contributed by atoms with E-state index in [-0.39, 0.29) is 5.41 Å². The maximum Gasteiger partial charge on any atom is 0.0982 e. The van der Waals surface area contributed by atoms with Gasteiger partial charge in [-0.05, 0) is 25.7 Å². The van der Waals surface area contributed by atoms with Crippen LogP contribution in [0.2, 0.25) is 0 Å². The van der Waals surface area contributed by atoms with Crippen molar-refractivity contribution in [3.63, 3.8) is 0 Å². The van der Waals surface area contributed by atoms with E-state index in [9.17, 15) is 0 Å². The molecule has 0 rings (SSSR count). The van der Waals surface area contributed by atoms with Crippen LogP contribution in [-0.2, 0) is 4.89 Å². The van der Waals surface area contributed by atoms with Crippen molar-refractivity contribution >= 4 is 0 Å². The molecule has 2 nitrogen and oxygen atoms in total. The van der Waals surface area contributed by atoms with E-state index in [0.717, 1.165) is 6.42 Å². The zero-order chi connectivity index (χ0) is 8.41. The molecular formula is C8H18O2. The Hall–Kier alpha value is -0.0800. The van der Waals surface area contributed by atoms with Crippen molar-refractivity contribution in [2.24, 2.45) is 5.41 Å². The highest BCUT2D eigenvalue weighted by molar-refractivity contribution is 4.75. The van der Waals surface area contributed by atoms with Crippen LogP contribution in [0.25, 0.3) is 0 Å². The van der Waals surface area contributed by atoms with E-state index in [2.05, 4.69) is 25.7 Å². The van der Waals surface area contributed by atoms with Gasteiger partial charge in [-0.2, -0.15) is 0 Å². The zero-order valence-corrected chi connectivity index (χ0v) is 7.56. The van der Waals surface area contributed by atoms with Gasteiger partial charge in [-0.3, -0.25) is 5.26 Å². The quantitative estimate of drug-likeness (QED) is 0.479. The van der Waals surface area contributed by atoms with Gasteiger partial charge in [-0.1, -0.05) is 20.8 Å². The normalized spacial score (nSPS) is 13.8. The molecule has 1 N–H and O–H groups in total. The van der Waals surface area contributed by atoms with Crippen LogP contribution in [0.4, 0.5) is 0 Å². The molecule has 0 aromatic carbocycles. The van der Waals surface area contributed by atoms with Gasteiger partial charge in [0.05, 0.1) is 5.60 Å². The van der Waals surface area contributed by atoms with Gasteiger partial charge in [-0.15, -0.1) is 0 Å². The van der Waals surface area contributed by atoms with Crippen LogP contribution < -0.4 is 0 Å². The van der Waals surface area contributed by atoms with Crippen LogP contribution >= 0.6 is 0 Å². The molecule has 0 heterocycles. The molecule has 0 radical (unpaired) electrons. The zero-order valence-electron chi connectivity index (χ0n) is 7.56. The molecule has 0 bridgehead atoms. The summed E-state index contributed by atoms with van der Waals surface area (Å²) in [6, 6.07) is 0. The van der Waals surface area contributed by atoms with E-state index in [1.54, 1.807) is 0 Å². The van der Waals surface area contributed by atoms with Gasteiger partial charge in [0.25, 0.3) is 0 Å². The van der Waals surface area contributed by atoms with Crippen LogP contribution in [0.5, 0.6) is 0 Å². The average Bonchev–Trinajstić information content (AvgIpc) is 1.60. The van der Waals surface area contributed by atoms with Crippen molar-refractivity contribution in [3.05, 3.63) is 0 Å². The van der Waals surface area contributed by atoms with Crippen LogP contribution in [-0.4, -0.2) is 10.9 Å². The first kappa shape index (κ1) is 9.92. The third-order valence-corrected chi connectivity index (χ3v) is 1.20. The molecule has 0 aliphatic heterocycles. The lowest BCUT2D eigenvalue weighted by Gasteiger charge is -2.29. The second-order valence-electron chi connectivity index (χ2n) is 4.59. The first-order chi connectivity index (χ1) is 4.27. The second-order valence-corrected chi connectivity index (χ2v) is 4.59. The maximum atomic E-state index is 8.46. The van der Waals surface area contributed by atoms with Crippen molar-refractivity contribution in [1.82, 2.24) is 0 Å². The van der Waals surface area contributed by atoms with Crippen LogP contribution in [0.15, 0.2) is 0 Å². The monoisotopic (exact) mass is 146 g/mol. The minimum Gasteiger partial charge on any atom is -0.251 e. The Balaban J connectivity index is 3.89. The Kier molecular flexibility index (Phi) is 2.86. The molecule has 2 heteroatoms. The minimum absolute atomic E-state index is 0.201. The van der Waals surface area contributed by atoms with Gasteiger partial charge in [0.2, 0.25) is 0 Å². The standard InChI is InChI=1S/C8H18O2/c1-7(2,3)6-8(4,5)10-9/h9H,6H2,1-5H3. The first-order valence-electron chi connectivity index (χ1n) is 3.59. The number of hydrogen-bond donors (Lipinski definition) is 1. The highest BCUT2D eigenvalue weighted by Crippen LogP contribution is 2.28. The Morgan fingerprint density at radius 3 is 1.60 bits per heavy atom. The van der Waals surface area contributed by atoms with Crippen LogP contribution in [0.1, 0.15) is 41.0 Å². The minimum atomic E-state index is -0.418. The van der Waals surface area contributed by atoms with Crippen molar-refractivity contribution in [2.45, 2.75) is 46.6 Å². The molecule has 0 aromatic rings. The van der Waals surface area contributed by atoms with Crippen LogP contribution in [0.3, 0.4) is 0 Å². The third kappa shape index (κ3) is 4.77. The SMILES string of the molecule is CC(C)(C)CC(C)(C)OO. The topological polar surface area (TPSA) is 29.5 Å². The molecule has 0 aromatic heterocycles. The summed E-state index contributed by atoms with van der Waals surface area (Å²) in [5.74, 6) is 0. The molecular weight excluding hydrogens is 128 g/mol. The predicted molar refractivity (Wildman–Crippen MR) is 41.9 cm³/mol. The summed E-state index contributed by atoms with van der Waals surface area (Å²) < 4.78 is 0. The summed E-state index contributed by atoms with van der Waals surface area (Å²) in [6.07, 6.45) is 0.844. The number of rotatable bonds is 2. The summed E-state index contributed by atoms with van der Waals surface area (Å²) in [6.45, 7) is 10.1. The van der Waals surface area contributed by atoms with Crippen molar-refractivity contribution < 1.29 is 10.1 Å². The molecule has 0 atom stereocenters.